The first-order chi connectivity index (χ1) is 8.31. The maximum atomic E-state index is 8.63. The quantitative estimate of drug-likeness (QED) is 0.830. The molecule has 2 N–H and O–H groups in total. The van der Waals surface area contributed by atoms with Crippen LogP contribution in [0.15, 0.2) is 42.6 Å². The third-order valence-corrected chi connectivity index (χ3v) is 2.03. The summed E-state index contributed by atoms with van der Waals surface area (Å²) < 4.78 is 0. The highest BCUT2D eigenvalue weighted by atomic mass is 16.2. The Labute approximate surface area is 102 Å². The van der Waals surface area contributed by atoms with Crippen molar-refractivity contribution in [3.05, 3.63) is 48.2 Å². The van der Waals surface area contributed by atoms with Crippen LogP contribution < -0.4 is 5.32 Å². The first-order valence-electron chi connectivity index (χ1n) is 5.52. The molecule has 0 unspecified atom stereocenters. The molecule has 0 aliphatic carbocycles. The molecule has 1 aromatic carbocycles. The van der Waals surface area contributed by atoms with Gasteiger partial charge in [-0.05, 0) is 31.8 Å². The fourth-order valence-corrected chi connectivity index (χ4v) is 1.37. The number of aliphatic hydroxyl groups is 1. The second-order valence-electron chi connectivity index (χ2n) is 3.55. The summed E-state index contributed by atoms with van der Waals surface area (Å²) >= 11 is 0. The smallest absolute Gasteiger partial charge is 0.0702 e. The van der Waals surface area contributed by atoms with Crippen LogP contribution in [0.4, 0.5) is 0 Å². The van der Waals surface area contributed by atoms with Gasteiger partial charge in [0, 0.05) is 11.6 Å². The van der Waals surface area contributed by atoms with Crippen molar-refractivity contribution in [2.45, 2.75) is 0 Å². The van der Waals surface area contributed by atoms with E-state index in [1.807, 2.05) is 44.4 Å². The maximum Gasteiger partial charge on any atom is 0.0702 e. The number of fused-ring (bicyclic) bond motifs is 1. The molecule has 0 amide bonds. The van der Waals surface area contributed by atoms with E-state index in [0.717, 1.165) is 16.5 Å². The maximum absolute atomic E-state index is 8.63. The van der Waals surface area contributed by atoms with E-state index in [4.69, 9.17) is 5.11 Å². The molecule has 0 radical (unpaired) electrons. The Bertz CT molecular complexity index is 480. The molecule has 3 heteroatoms. The van der Waals surface area contributed by atoms with Crippen molar-refractivity contribution in [1.29, 1.82) is 0 Å². The van der Waals surface area contributed by atoms with E-state index < -0.39 is 0 Å². The standard InChI is InChI=1S/C12H11NO.C2H7N/c14-7-3-4-10-8-11-5-1-2-6-12(11)13-9-10;1-3-2/h1-6,8-9,14H,7H2;3H,1-2H3/b4-3+;. The van der Waals surface area contributed by atoms with Gasteiger partial charge >= 0.3 is 0 Å². The molecule has 17 heavy (non-hydrogen) atoms. The van der Waals surface area contributed by atoms with Crippen LogP contribution in [-0.4, -0.2) is 30.8 Å². The van der Waals surface area contributed by atoms with E-state index in [1.54, 1.807) is 12.3 Å². The van der Waals surface area contributed by atoms with E-state index in [0.29, 0.717) is 0 Å². The number of nitrogens with one attached hydrogen (secondary N) is 1. The normalized spacial score (nSPS) is 10.3. The van der Waals surface area contributed by atoms with Crippen LogP contribution in [0.1, 0.15) is 5.56 Å². The number of para-hydroxylation sites is 1. The molecule has 2 rings (SSSR count). The summed E-state index contributed by atoms with van der Waals surface area (Å²) in [5.74, 6) is 0. The molecule has 90 valence electrons. The van der Waals surface area contributed by atoms with Gasteiger partial charge in [-0.15, -0.1) is 0 Å². The number of hydrogen-bond donors (Lipinski definition) is 2. The van der Waals surface area contributed by atoms with E-state index in [9.17, 15) is 0 Å². The minimum atomic E-state index is 0.0623. The SMILES string of the molecule is CNC.OC/C=C/c1cnc2ccccc2c1. The number of hydrogen-bond acceptors (Lipinski definition) is 3. The predicted octanol–water partition coefficient (Wildman–Crippen LogP) is 2.08. The average molecular weight is 230 g/mol. The summed E-state index contributed by atoms with van der Waals surface area (Å²) in [6, 6.07) is 10.0. The lowest BCUT2D eigenvalue weighted by atomic mass is 10.1. The highest BCUT2D eigenvalue weighted by Gasteiger charge is 1.93. The number of aliphatic hydroxyl groups excluding tert-OH is 1. The fraction of sp³-hybridized carbons (Fsp3) is 0.214. The summed E-state index contributed by atoms with van der Waals surface area (Å²) in [7, 11) is 3.75. The lowest BCUT2D eigenvalue weighted by molar-refractivity contribution is 0.343. The predicted molar refractivity (Wildman–Crippen MR) is 72.8 cm³/mol. The van der Waals surface area contributed by atoms with Crippen LogP contribution in [0.3, 0.4) is 0 Å². The number of benzene rings is 1. The highest BCUT2D eigenvalue weighted by molar-refractivity contribution is 5.80. The molecule has 1 aromatic heterocycles. The lowest BCUT2D eigenvalue weighted by Gasteiger charge is -1.97. The van der Waals surface area contributed by atoms with Gasteiger partial charge in [-0.3, -0.25) is 4.98 Å². The van der Waals surface area contributed by atoms with Crippen LogP contribution in [0.2, 0.25) is 0 Å². The first-order valence-corrected chi connectivity index (χ1v) is 5.52. The summed E-state index contributed by atoms with van der Waals surface area (Å²) in [4.78, 5) is 4.30. The largest absolute Gasteiger partial charge is 0.392 e. The Hall–Kier alpha value is -1.71. The van der Waals surface area contributed by atoms with Gasteiger partial charge in [0.05, 0.1) is 12.1 Å². The molecule has 0 atom stereocenters. The molecular formula is C14H18N2O. The molecule has 0 aliphatic heterocycles. The second-order valence-corrected chi connectivity index (χ2v) is 3.55. The van der Waals surface area contributed by atoms with E-state index >= 15 is 0 Å². The van der Waals surface area contributed by atoms with Crippen LogP contribution in [0.5, 0.6) is 0 Å². The van der Waals surface area contributed by atoms with Crippen LogP contribution in [0.25, 0.3) is 17.0 Å². The van der Waals surface area contributed by atoms with Crippen molar-refractivity contribution in [2.24, 2.45) is 0 Å². The Kier molecular flexibility index (Phi) is 5.93. The second kappa shape index (κ2) is 7.54. The lowest BCUT2D eigenvalue weighted by Crippen LogP contribution is -1.89. The third-order valence-electron chi connectivity index (χ3n) is 2.03. The van der Waals surface area contributed by atoms with Gasteiger partial charge in [0.15, 0.2) is 0 Å². The Morgan fingerprint density at radius 1 is 1.29 bits per heavy atom. The Morgan fingerprint density at radius 3 is 2.71 bits per heavy atom. The van der Waals surface area contributed by atoms with Gasteiger partial charge in [0.2, 0.25) is 0 Å². The van der Waals surface area contributed by atoms with Crippen molar-refractivity contribution in [3.8, 4) is 0 Å². The number of nitrogens with zero attached hydrogens (tertiary/aromatic N) is 1. The average Bonchev–Trinajstić information content (AvgIpc) is 2.37. The van der Waals surface area contributed by atoms with Gasteiger partial charge < -0.3 is 10.4 Å². The molecule has 0 spiro atoms. The minimum Gasteiger partial charge on any atom is -0.392 e. The van der Waals surface area contributed by atoms with Gasteiger partial charge in [0.1, 0.15) is 0 Å². The third kappa shape index (κ3) is 4.34. The van der Waals surface area contributed by atoms with Crippen molar-refractivity contribution in [2.75, 3.05) is 20.7 Å². The van der Waals surface area contributed by atoms with Crippen molar-refractivity contribution < 1.29 is 5.11 Å². The van der Waals surface area contributed by atoms with Crippen molar-refractivity contribution >= 4 is 17.0 Å². The number of pyridine rings is 1. The molecule has 0 aliphatic rings. The van der Waals surface area contributed by atoms with Gasteiger partial charge in [-0.25, -0.2) is 0 Å². The fourth-order valence-electron chi connectivity index (χ4n) is 1.37. The van der Waals surface area contributed by atoms with Crippen molar-refractivity contribution in [3.63, 3.8) is 0 Å². The summed E-state index contributed by atoms with van der Waals surface area (Å²) in [5, 5.41) is 12.5. The molecule has 0 bridgehead atoms. The van der Waals surface area contributed by atoms with Gasteiger partial charge in [0.25, 0.3) is 0 Å². The minimum absolute atomic E-state index is 0.0623. The zero-order chi connectivity index (χ0) is 12.5. The molecule has 0 fully saturated rings. The Balaban J connectivity index is 0.000000437. The number of rotatable bonds is 2. The molecule has 0 saturated carbocycles. The number of aromatic nitrogens is 1. The zero-order valence-corrected chi connectivity index (χ0v) is 10.2. The van der Waals surface area contributed by atoms with Gasteiger partial charge in [-0.1, -0.05) is 30.4 Å². The van der Waals surface area contributed by atoms with E-state index in [-0.39, 0.29) is 6.61 Å². The molecule has 1 heterocycles. The zero-order valence-electron chi connectivity index (χ0n) is 10.2. The topological polar surface area (TPSA) is 45.1 Å². The highest BCUT2D eigenvalue weighted by Crippen LogP contribution is 2.13. The van der Waals surface area contributed by atoms with Crippen LogP contribution in [0, 0.1) is 0 Å². The summed E-state index contributed by atoms with van der Waals surface area (Å²) in [6.45, 7) is 0.0623. The molecule has 0 saturated heterocycles. The monoisotopic (exact) mass is 230 g/mol. The van der Waals surface area contributed by atoms with Gasteiger partial charge in [-0.2, -0.15) is 0 Å². The Morgan fingerprint density at radius 2 is 2.00 bits per heavy atom. The first kappa shape index (κ1) is 13.4. The summed E-state index contributed by atoms with van der Waals surface area (Å²) in [5.41, 5.74) is 2.01. The molecule has 3 nitrogen and oxygen atoms in total. The molecular weight excluding hydrogens is 212 g/mol. The van der Waals surface area contributed by atoms with Crippen molar-refractivity contribution in [1.82, 2.24) is 10.3 Å². The van der Waals surface area contributed by atoms with Crippen LogP contribution in [-0.2, 0) is 0 Å². The summed E-state index contributed by atoms with van der Waals surface area (Å²) in [6.07, 6.45) is 5.36. The van der Waals surface area contributed by atoms with E-state index in [1.165, 1.54) is 0 Å². The van der Waals surface area contributed by atoms with E-state index in [2.05, 4.69) is 16.4 Å². The molecule has 2 aromatic rings. The van der Waals surface area contributed by atoms with Crippen LogP contribution >= 0.6 is 0 Å².